The van der Waals surface area contributed by atoms with E-state index >= 15 is 0 Å². The maximum atomic E-state index is 12.7. The standard InChI is InChI=1S/C25H26N4O7/c1-14-22(27-28-29(14)17-7-9-18(31-3)10-8-17)25(30)35-13-19-15(2)36-24(26-19)16-11-20(32-4)23(34-6)21(12-16)33-5/h7-12H,13H2,1-6H3. The van der Waals surface area contributed by atoms with Gasteiger partial charge in [-0.3, -0.25) is 0 Å². The summed E-state index contributed by atoms with van der Waals surface area (Å²) in [5.74, 6) is 2.30. The van der Waals surface area contributed by atoms with Crippen molar-refractivity contribution < 1.29 is 32.9 Å². The van der Waals surface area contributed by atoms with Crippen LogP contribution in [0.15, 0.2) is 40.8 Å². The third kappa shape index (κ3) is 4.67. The minimum atomic E-state index is -0.621. The number of oxazole rings is 1. The lowest BCUT2D eigenvalue weighted by atomic mass is 10.2. The molecule has 0 aliphatic carbocycles. The van der Waals surface area contributed by atoms with E-state index in [1.165, 1.54) is 21.3 Å². The van der Waals surface area contributed by atoms with Crippen LogP contribution < -0.4 is 18.9 Å². The summed E-state index contributed by atoms with van der Waals surface area (Å²) in [7, 11) is 6.17. The van der Waals surface area contributed by atoms with E-state index in [-0.39, 0.29) is 12.3 Å². The molecule has 0 aliphatic heterocycles. The van der Waals surface area contributed by atoms with Crippen LogP contribution in [0.4, 0.5) is 0 Å². The first kappa shape index (κ1) is 24.6. The number of nitrogens with zero attached hydrogens (tertiary/aromatic N) is 4. The molecule has 0 saturated heterocycles. The molecule has 0 N–H and O–H groups in total. The highest BCUT2D eigenvalue weighted by molar-refractivity contribution is 5.88. The third-order valence-corrected chi connectivity index (χ3v) is 5.55. The second-order valence-corrected chi connectivity index (χ2v) is 7.65. The van der Waals surface area contributed by atoms with Crippen LogP contribution in [0, 0.1) is 13.8 Å². The minimum Gasteiger partial charge on any atom is -0.497 e. The van der Waals surface area contributed by atoms with E-state index < -0.39 is 5.97 Å². The van der Waals surface area contributed by atoms with Crippen LogP contribution in [-0.4, -0.2) is 54.4 Å². The van der Waals surface area contributed by atoms with Crippen molar-refractivity contribution in [3.63, 3.8) is 0 Å². The first-order valence-electron chi connectivity index (χ1n) is 10.9. The normalized spacial score (nSPS) is 10.7. The zero-order valence-corrected chi connectivity index (χ0v) is 20.8. The molecule has 2 heterocycles. The molecular formula is C25H26N4O7. The van der Waals surface area contributed by atoms with Gasteiger partial charge in [0.2, 0.25) is 11.6 Å². The lowest BCUT2D eigenvalue weighted by Gasteiger charge is -2.12. The molecule has 2 aromatic heterocycles. The number of benzene rings is 2. The van der Waals surface area contributed by atoms with Crippen molar-refractivity contribution in [3.8, 4) is 40.1 Å². The molecule has 0 atom stereocenters. The van der Waals surface area contributed by atoms with Gasteiger partial charge in [-0.1, -0.05) is 5.21 Å². The maximum Gasteiger partial charge on any atom is 0.361 e. The van der Waals surface area contributed by atoms with Crippen molar-refractivity contribution in [2.24, 2.45) is 0 Å². The third-order valence-electron chi connectivity index (χ3n) is 5.55. The molecule has 188 valence electrons. The Kier molecular flexibility index (Phi) is 7.09. The van der Waals surface area contributed by atoms with Gasteiger partial charge in [-0.2, -0.15) is 0 Å². The van der Waals surface area contributed by atoms with Crippen LogP contribution in [-0.2, 0) is 11.3 Å². The van der Waals surface area contributed by atoms with E-state index in [4.69, 9.17) is 28.1 Å². The van der Waals surface area contributed by atoms with E-state index in [1.807, 2.05) is 12.1 Å². The number of carbonyl (C=O) groups is 1. The fourth-order valence-corrected chi connectivity index (χ4v) is 3.58. The van der Waals surface area contributed by atoms with Gasteiger partial charge in [0, 0.05) is 5.56 Å². The van der Waals surface area contributed by atoms with Crippen molar-refractivity contribution in [2.45, 2.75) is 20.5 Å². The summed E-state index contributed by atoms with van der Waals surface area (Å²) in [6, 6.07) is 10.7. The highest BCUT2D eigenvalue weighted by atomic mass is 16.5. The number of hydrogen-bond acceptors (Lipinski definition) is 10. The summed E-state index contributed by atoms with van der Waals surface area (Å²) in [5.41, 5.74) is 2.47. The predicted molar refractivity (Wildman–Crippen MR) is 128 cm³/mol. The van der Waals surface area contributed by atoms with Crippen molar-refractivity contribution >= 4 is 5.97 Å². The van der Waals surface area contributed by atoms with Crippen LogP contribution in [0.25, 0.3) is 17.1 Å². The summed E-state index contributed by atoms with van der Waals surface area (Å²) < 4.78 is 34.2. The molecule has 0 fully saturated rings. The van der Waals surface area contributed by atoms with Crippen molar-refractivity contribution in [1.29, 1.82) is 0 Å². The second-order valence-electron chi connectivity index (χ2n) is 7.65. The zero-order valence-electron chi connectivity index (χ0n) is 20.8. The van der Waals surface area contributed by atoms with Crippen LogP contribution in [0.2, 0.25) is 0 Å². The average Bonchev–Trinajstić information content (AvgIpc) is 3.48. The first-order chi connectivity index (χ1) is 17.4. The Morgan fingerprint density at radius 3 is 2.19 bits per heavy atom. The Hall–Kier alpha value is -4.54. The van der Waals surface area contributed by atoms with Gasteiger partial charge >= 0.3 is 5.97 Å². The van der Waals surface area contributed by atoms with Crippen LogP contribution >= 0.6 is 0 Å². The molecule has 36 heavy (non-hydrogen) atoms. The van der Waals surface area contributed by atoms with Crippen LogP contribution in [0.3, 0.4) is 0 Å². The van der Waals surface area contributed by atoms with Gasteiger partial charge in [0.05, 0.1) is 39.8 Å². The second kappa shape index (κ2) is 10.4. The summed E-state index contributed by atoms with van der Waals surface area (Å²) in [6.07, 6.45) is 0. The Morgan fingerprint density at radius 2 is 1.61 bits per heavy atom. The summed E-state index contributed by atoms with van der Waals surface area (Å²) in [4.78, 5) is 17.2. The Bertz CT molecular complexity index is 1350. The first-order valence-corrected chi connectivity index (χ1v) is 10.9. The number of esters is 1. The minimum absolute atomic E-state index is 0.104. The fourth-order valence-electron chi connectivity index (χ4n) is 3.58. The van der Waals surface area contributed by atoms with E-state index in [9.17, 15) is 4.79 Å². The molecule has 0 radical (unpaired) electrons. The van der Waals surface area contributed by atoms with Gasteiger partial charge in [-0.15, -0.1) is 5.10 Å². The molecule has 0 saturated carbocycles. The smallest absolute Gasteiger partial charge is 0.361 e. The van der Waals surface area contributed by atoms with E-state index in [0.29, 0.717) is 51.6 Å². The number of methoxy groups -OCH3 is 4. The molecule has 0 aliphatic rings. The molecule has 11 heteroatoms. The Morgan fingerprint density at radius 1 is 0.944 bits per heavy atom. The van der Waals surface area contributed by atoms with Crippen molar-refractivity contribution in [1.82, 2.24) is 20.0 Å². The predicted octanol–water partition coefficient (Wildman–Crippen LogP) is 3.93. The number of carbonyl (C=O) groups excluding carboxylic acids is 1. The molecule has 2 aromatic carbocycles. The van der Waals surface area contributed by atoms with E-state index in [1.54, 1.807) is 49.9 Å². The van der Waals surface area contributed by atoms with E-state index in [2.05, 4.69) is 15.3 Å². The Balaban J connectivity index is 1.51. The van der Waals surface area contributed by atoms with Crippen molar-refractivity contribution in [2.75, 3.05) is 28.4 Å². The largest absolute Gasteiger partial charge is 0.497 e. The van der Waals surface area contributed by atoms with Crippen LogP contribution in [0.5, 0.6) is 23.0 Å². The van der Waals surface area contributed by atoms with Gasteiger partial charge in [0.1, 0.15) is 23.8 Å². The van der Waals surface area contributed by atoms with Gasteiger partial charge in [0.15, 0.2) is 17.2 Å². The maximum absolute atomic E-state index is 12.7. The molecule has 0 amide bonds. The van der Waals surface area contributed by atoms with Crippen molar-refractivity contribution in [3.05, 3.63) is 59.2 Å². The Labute approximate surface area is 207 Å². The lowest BCUT2D eigenvalue weighted by molar-refractivity contribution is 0.0459. The topological polar surface area (TPSA) is 120 Å². The monoisotopic (exact) mass is 494 g/mol. The van der Waals surface area contributed by atoms with Gasteiger partial charge in [0.25, 0.3) is 0 Å². The van der Waals surface area contributed by atoms with Crippen LogP contribution in [0.1, 0.15) is 27.6 Å². The highest BCUT2D eigenvalue weighted by Gasteiger charge is 2.22. The average molecular weight is 495 g/mol. The van der Waals surface area contributed by atoms with Gasteiger partial charge in [-0.25, -0.2) is 14.5 Å². The number of ether oxygens (including phenoxy) is 5. The van der Waals surface area contributed by atoms with Gasteiger partial charge < -0.3 is 28.1 Å². The number of rotatable bonds is 9. The molecule has 0 unspecified atom stereocenters. The molecule has 4 aromatic rings. The molecule has 11 nitrogen and oxygen atoms in total. The molecule has 0 bridgehead atoms. The number of hydrogen-bond donors (Lipinski definition) is 0. The zero-order chi connectivity index (χ0) is 25.8. The number of aromatic nitrogens is 4. The summed E-state index contributed by atoms with van der Waals surface area (Å²) >= 11 is 0. The lowest BCUT2D eigenvalue weighted by Crippen LogP contribution is -2.09. The molecular weight excluding hydrogens is 468 g/mol. The fraction of sp³-hybridized carbons (Fsp3) is 0.280. The quantitative estimate of drug-likeness (QED) is 0.317. The molecule has 0 spiro atoms. The molecule has 4 rings (SSSR count). The highest BCUT2D eigenvalue weighted by Crippen LogP contribution is 2.41. The summed E-state index contributed by atoms with van der Waals surface area (Å²) in [6.45, 7) is 3.38. The SMILES string of the molecule is COc1ccc(-n2nnc(C(=O)OCc3nc(-c4cc(OC)c(OC)c(OC)c4)oc3C)c2C)cc1. The number of aryl methyl sites for hydroxylation is 1. The summed E-state index contributed by atoms with van der Waals surface area (Å²) in [5, 5.41) is 8.08. The van der Waals surface area contributed by atoms with E-state index in [0.717, 1.165) is 5.69 Å². The van der Waals surface area contributed by atoms with Gasteiger partial charge in [-0.05, 0) is 50.2 Å².